The summed E-state index contributed by atoms with van der Waals surface area (Å²) in [5, 5.41) is 16.7. The minimum atomic E-state index is -0.369. The van der Waals surface area contributed by atoms with Crippen LogP contribution in [0.5, 0.6) is 0 Å². The number of benzene rings is 1. The van der Waals surface area contributed by atoms with Gasteiger partial charge in [0, 0.05) is 23.1 Å². The third-order valence-corrected chi connectivity index (χ3v) is 5.36. The molecule has 1 atom stereocenters. The molecule has 0 amide bonds. The van der Waals surface area contributed by atoms with Crippen LogP contribution in [0.3, 0.4) is 0 Å². The summed E-state index contributed by atoms with van der Waals surface area (Å²) in [6.45, 7) is 0. The Morgan fingerprint density at radius 2 is 2.15 bits per heavy atom. The Morgan fingerprint density at radius 3 is 3.00 bits per heavy atom. The lowest BCUT2D eigenvalue weighted by atomic mass is 9.81. The molecule has 0 radical (unpaired) electrons. The normalized spacial score (nSPS) is 16.5. The van der Waals surface area contributed by atoms with Crippen molar-refractivity contribution in [1.29, 1.82) is 5.41 Å². The second kappa shape index (κ2) is 5.57. The van der Waals surface area contributed by atoms with Gasteiger partial charge >= 0.3 is 0 Å². The minimum absolute atomic E-state index is 0.233. The number of hydrogen-bond donors (Lipinski definition) is 3. The highest BCUT2D eigenvalue weighted by atomic mass is 32.1. The third-order valence-electron chi connectivity index (χ3n) is 4.58. The Labute approximate surface area is 151 Å². The molecule has 7 nitrogen and oxygen atoms in total. The quantitative estimate of drug-likeness (QED) is 0.510. The zero-order valence-electron chi connectivity index (χ0n) is 13.4. The summed E-state index contributed by atoms with van der Waals surface area (Å²) in [5.74, 6) is -0.369. The van der Waals surface area contributed by atoms with Crippen LogP contribution in [-0.2, 0) is 0 Å². The molecule has 1 aromatic carbocycles. The molecule has 0 saturated heterocycles. The van der Waals surface area contributed by atoms with Crippen molar-refractivity contribution in [3.8, 4) is 0 Å². The molecule has 4 aromatic rings. The van der Waals surface area contributed by atoms with Crippen LogP contribution in [0.2, 0.25) is 0 Å². The van der Waals surface area contributed by atoms with E-state index in [9.17, 15) is 4.79 Å². The van der Waals surface area contributed by atoms with E-state index in [0.29, 0.717) is 11.3 Å². The molecule has 0 bridgehead atoms. The van der Waals surface area contributed by atoms with Crippen molar-refractivity contribution in [1.82, 2.24) is 24.5 Å². The van der Waals surface area contributed by atoms with Gasteiger partial charge in [0.2, 0.25) is 0 Å². The summed E-state index contributed by atoms with van der Waals surface area (Å²) in [6.07, 6.45) is 6.84. The molecule has 0 saturated carbocycles. The van der Waals surface area contributed by atoms with Crippen molar-refractivity contribution < 1.29 is 0 Å². The van der Waals surface area contributed by atoms with Crippen molar-refractivity contribution >= 4 is 33.7 Å². The lowest BCUT2D eigenvalue weighted by molar-refractivity contribution is 1.03. The van der Waals surface area contributed by atoms with E-state index in [1.807, 2.05) is 30.3 Å². The predicted octanol–water partition coefficient (Wildman–Crippen LogP) is 2.70. The highest BCUT2D eigenvalue weighted by Gasteiger charge is 2.31. The zero-order chi connectivity index (χ0) is 17.7. The first-order valence-electron chi connectivity index (χ1n) is 7.96. The molecular weight excluding hydrogens is 348 g/mol. The lowest BCUT2D eigenvalue weighted by Crippen LogP contribution is -2.28. The predicted molar refractivity (Wildman–Crippen MR) is 99.7 cm³/mol. The van der Waals surface area contributed by atoms with Gasteiger partial charge in [-0.25, -0.2) is 9.36 Å². The van der Waals surface area contributed by atoms with E-state index < -0.39 is 0 Å². The van der Waals surface area contributed by atoms with Crippen molar-refractivity contribution in [2.45, 2.75) is 5.92 Å². The first kappa shape index (κ1) is 14.9. The number of fused-ring (bicyclic) bond motifs is 2. The SMILES string of the molecule is N=C1c2c(nc[nH]c2=O)C(c2ccns2)=CC1c1cccc2[nH]ncc12. The van der Waals surface area contributed by atoms with E-state index >= 15 is 0 Å². The van der Waals surface area contributed by atoms with Gasteiger partial charge in [0.25, 0.3) is 5.56 Å². The maximum atomic E-state index is 12.5. The maximum absolute atomic E-state index is 12.5. The van der Waals surface area contributed by atoms with E-state index in [-0.39, 0.29) is 17.2 Å². The summed E-state index contributed by atoms with van der Waals surface area (Å²) in [4.78, 5) is 20.3. The van der Waals surface area contributed by atoms with Gasteiger partial charge in [0.05, 0.1) is 39.9 Å². The number of allylic oxidation sites excluding steroid dienone is 1. The van der Waals surface area contributed by atoms with Gasteiger partial charge in [-0.15, -0.1) is 0 Å². The van der Waals surface area contributed by atoms with Crippen LogP contribution in [0.4, 0.5) is 0 Å². The summed E-state index contributed by atoms with van der Waals surface area (Å²) in [6, 6.07) is 7.72. The Kier molecular flexibility index (Phi) is 3.19. The van der Waals surface area contributed by atoms with Gasteiger partial charge in [-0.1, -0.05) is 18.2 Å². The van der Waals surface area contributed by atoms with E-state index in [2.05, 4.69) is 24.5 Å². The Hall–Kier alpha value is -3.39. The summed E-state index contributed by atoms with van der Waals surface area (Å²) in [5.41, 5.74) is 3.42. The second-order valence-electron chi connectivity index (χ2n) is 5.98. The number of H-pyrrole nitrogens is 2. The Bertz CT molecular complexity index is 1230. The molecule has 1 aliphatic carbocycles. The number of hydrogen-bond acceptors (Lipinski definition) is 6. The molecule has 3 heterocycles. The molecule has 0 spiro atoms. The Morgan fingerprint density at radius 1 is 1.23 bits per heavy atom. The van der Waals surface area contributed by atoms with Gasteiger partial charge < -0.3 is 10.4 Å². The van der Waals surface area contributed by atoms with Crippen molar-refractivity contribution in [3.05, 3.63) is 81.1 Å². The van der Waals surface area contributed by atoms with Gasteiger partial charge in [-0.2, -0.15) is 5.10 Å². The average Bonchev–Trinajstić information content (AvgIpc) is 3.33. The first-order valence-corrected chi connectivity index (χ1v) is 8.73. The largest absolute Gasteiger partial charge is 0.313 e. The molecule has 0 aliphatic heterocycles. The van der Waals surface area contributed by atoms with Crippen LogP contribution in [-0.4, -0.2) is 30.3 Å². The summed E-state index contributed by atoms with van der Waals surface area (Å²) >= 11 is 1.34. The summed E-state index contributed by atoms with van der Waals surface area (Å²) in [7, 11) is 0. The van der Waals surface area contributed by atoms with Crippen molar-refractivity contribution in [2.24, 2.45) is 0 Å². The number of aromatic amines is 2. The molecule has 26 heavy (non-hydrogen) atoms. The average molecular weight is 360 g/mol. The maximum Gasteiger partial charge on any atom is 0.260 e. The van der Waals surface area contributed by atoms with Crippen LogP contribution in [0.15, 0.2) is 53.9 Å². The van der Waals surface area contributed by atoms with Gasteiger partial charge in [-0.3, -0.25) is 9.89 Å². The van der Waals surface area contributed by atoms with E-state index in [4.69, 9.17) is 5.41 Å². The van der Waals surface area contributed by atoms with Gasteiger partial charge in [-0.05, 0) is 29.2 Å². The second-order valence-corrected chi connectivity index (χ2v) is 6.82. The molecule has 126 valence electrons. The van der Waals surface area contributed by atoms with E-state index in [0.717, 1.165) is 26.9 Å². The lowest BCUT2D eigenvalue weighted by Gasteiger charge is -2.23. The molecule has 3 N–H and O–H groups in total. The van der Waals surface area contributed by atoms with Gasteiger partial charge in [0.1, 0.15) is 0 Å². The van der Waals surface area contributed by atoms with E-state index in [1.165, 1.54) is 17.9 Å². The van der Waals surface area contributed by atoms with Crippen molar-refractivity contribution in [3.63, 3.8) is 0 Å². The van der Waals surface area contributed by atoms with Crippen LogP contribution >= 0.6 is 11.5 Å². The minimum Gasteiger partial charge on any atom is -0.313 e. The molecule has 3 aromatic heterocycles. The molecule has 5 rings (SSSR count). The van der Waals surface area contributed by atoms with Crippen LogP contribution in [0, 0.1) is 5.41 Å². The fraction of sp³-hybridized carbons (Fsp3) is 0.0556. The fourth-order valence-corrected chi connectivity index (χ4v) is 4.02. The monoisotopic (exact) mass is 360 g/mol. The van der Waals surface area contributed by atoms with E-state index in [1.54, 1.807) is 12.4 Å². The number of aromatic nitrogens is 5. The fourth-order valence-electron chi connectivity index (χ4n) is 3.40. The van der Waals surface area contributed by atoms with Crippen LogP contribution < -0.4 is 5.56 Å². The standard InChI is InChI=1S/C18H12N6OS/c19-16-10(9-2-1-3-13-12(9)7-22-24-13)6-11(14-4-5-23-26-14)17-15(16)18(25)21-8-20-17/h1-8,10,19H,(H,22,24)(H,20,21,25). The molecule has 1 aliphatic rings. The van der Waals surface area contributed by atoms with Gasteiger partial charge in [0.15, 0.2) is 0 Å². The smallest absolute Gasteiger partial charge is 0.260 e. The molecular formula is C18H12N6OS. The first-order chi connectivity index (χ1) is 12.7. The van der Waals surface area contributed by atoms with Crippen LogP contribution in [0.1, 0.15) is 27.6 Å². The van der Waals surface area contributed by atoms with Crippen LogP contribution in [0.25, 0.3) is 16.5 Å². The molecule has 1 unspecified atom stereocenters. The highest BCUT2D eigenvalue weighted by Crippen LogP contribution is 2.38. The highest BCUT2D eigenvalue weighted by molar-refractivity contribution is 7.07. The molecule has 0 fully saturated rings. The topological polar surface area (TPSA) is 111 Å². The van der Waals surface area contributed by atoms with Crippen molar-refractivity contribution in [2.75, 3.05) is 0 Å². The summed E-state index contributed by atoms with van der Waals surface area (Å²) < 4.78 is 4.17. The number of rotatable bonds is 2. The zero-order valence-corrected chi connectivity index (χ0v) is 14.2. The number of nitrogens with one attached hydrogen (secondary N) is 3. The molecule has 8 heteroatoms. The Balaban J connectivity index is 1.81. The third kappa shape index (κ3) is 2.09. The number of nitrogens with zero attached hydrogens (tertiary/aromatic N) is 3.